The molecule has 0 bridgehead atoms. The Kier molecular flexibility index (Phi) is 6.86. The minimum Gasteiger partial charge on any atom is -0.327 e. The van der Waals surface area contributed by atoms with Gasteiger partial charge in [-0.15, -0.1) is 11.3 Å². The van der Waals surface area contributed by atoms with Gasteiger partial charge < -0.3 is 15.1 Å². The largest absolute Gasteiger partial charge is 0.327 e. The molecule has 1 fully saturated rings. The van der Waals surface area contributed by atoms with Crippen molar-refractivity contribution in [2.75, 3.05) is 38.0 Å². The SMILES string of the molecule is CCc1ccccc1NC(=O)C[NH+]1CCN(C(=O)c2cc(C)c(CC)s2)CC1. The highest BCUT2D eigenvalue weighted by Crippen LogP contribution is 2.23. The predicted octanol–water partition coefficient (Wildman–Crippen LogP) is 2.16. The van der Waals surface area contributed by atoms with Crippen molar-refractivity contribution < 1.29 is 14.5 Å². The lowest BCUT2D eigenvalue weighted by molar-refractivity contribution is -0.895. The number of nitrogens with one attached hydrogen (secondary N) is 2. The molecule has 28 heavy (non-hydrogen) atoms. The molecule has 150 valence electrons. The molecule has 1 aliphatic heterocycles. The quantitative estimate of drug-likeness (QED) is 0.781. The van der Waals surface area contributed by atoms with E-state index in [0.717, 1.165) is 42.1 Å². The van der Waals surface area contributed by atoms with E-state index < -0.39 is 0 Å². The van der Waals surface area contributed by atoms with Gasteiger partial charge in [-0.2, -0.15) is 0 Å². The normalized spacial score (nSPS) is 14.9. The number of rotatable bonds is 6. The van der Waals surface area contributed by atoms with Gasteiger partial charge in [-0.05, 0) is 43.0 Å². The smallest absolute Gasteiger partial charge is 0.279 e. The summed E-state index contributed by atoms with van der Waals surface area (Å²) in [5, 5.41) is 3.05. The van der Waals surface area contributed by atoms with E-state index in [1.165, 1.54) is 15.3 Å². The molecule has 1 aliphatic rings. The van der Waals surface area contributed by atoms with Crippen molar-refractivity contribution in [1.82, 2.24) is 4.90 Å². The van der Waals surface area contributed by atoms with Gasteiger partial charge in [0.05, 0.1) is 31.1 Å². The van der Waals surface area contributed by atoms with Crippen molar-refractivity contribution in [1.29, 1.82) is 0 Å². The van der Waals surface area contributed by atoms with Crippen LogP contribution in [0.3, 0.4) is 0 Å². The van der Waals surface area contributed by atoms with E-state index in [9.17, 15) is 9.59 Å². The molecule has 0 atom stereocenters. The highest BCUT2D eigenvalue weighted by Gasteiger charge is 2.27. The summed E-state index contributed by atoms with van der Waals surface area (Å²) in [6.45, 7) is 9.74. The van der Waals surface area contributed by atoms with Crippen molar-refractivity contribution in [2.24, 2.45) is 0 Å². The summed E-state index contributed by atoms with van der Waals surface area (Å²) in [7, 11) is 0. The van der Waals surface area contributed by atoms with Crippen LogP contribution in [0.2, 0.25) is 0 Å². The molecule has 1 aromatic carbocycles. The fraction of sp³-hybridized carbons (Fsp3) is 0.455. The van der Waals surface area contributed by atoms with Gasteiger partial charge in [0.1, 0.15) is 0 Å². The maximum absolute atomic E-state index is 12.8. The highest BCUT2D eigenvalue weighted by molar-refractivity contribution is 7.14. The van der Waals surface area contributed by atoms with Gasteiger partial charge in [0.2, 0.25) is 0 Å². The number of nitrogens with zero attached hydrogens (tertiary/aromatic N) is 1. The molecule has 6 heteroatoms. The van der Waals surface area contributed by atoms with Crippen LogP contribution in [0.25, 0.3) is 0 Å². The van der Waals surface area contributed by atoms with Gasteiger partial charge >= 0.3 is 0 Å². The van der Waals surface area contributed by atoms with E-state index in [4.69, 9.17) is 0 Å². The zero-order chi connectivity index (χ0) is 20.1. The molecule has 2 heterocycles. The second kappa shape index (κ2) is 9.34. The molecule has 0 unspecified atom stereocenters. The molecule has 2 amide bonds. The Morgan fingerprint density at radius 2 is 1.86 bits per heavy atom. The number of quaternary nitrogens is 1. The van der Waals surface area contributed by atoms with Crippen molar-refractivity contribution in [3.63, 3.8) is 0 Å². The lowest BCUT2D eigenvalue weighted by Gasteiger charge is -2.31. The first-order valence-electron chi connectivity index (χ1n) is 10.1. The minimum atomic E-state index is 0.0390. The van der Waals surface area contributed by atoms with Crippen LogP contribution in [0.1, 0.15) is 39.5 Å². The summed E-state index contributed by atoms with van der Waals surface area (Å²) < 4.78 is 0. The topological polar surface area (TPSA) is 53.9 Å². The molecule has 3 rings (SSSR count). The first-order chi connectivity index (χ1) is 13.5. The van der Waals surface area contributed by atoms with Gasteiger partial charge in [0.15, 0.2) is 6.54 Å². The lowest BCUT2D eigenvalue weighted by Crippen LogP contribution is -3.15. The number of piperazine rings is 1. The second-order valence-electron chi connectivity index (χ2n) is 7.35. The van der Waals surface area contributed by atoms with E-state index in [2.05, 4.69) is 26.1 Å². The van der Waals surface area contributed by atoms with Crippen molar-refractivity contribution in [2.45, 2.75) is 33.6 Å². The van der Waals surface area contributed by atoms with Gasteiger partial charge in [0, 0.05) is 10.6 Å². The van der Waals surface area contributed by atoms with Crippen molar-refractivity contribution in [3.8, 4) is 0 Å². The van der Waals surface area contributed by atoms with E-state index in [0.29, 0.717) is 19.6 Å². The third-order valence-electron chi connectivity index (χ3n) is 5.39. The van der Waals surface area contributed by atoms with Crippen LogP contribution in [-0.4, -0.2) is 49.4 Å². The van der Waals surface area contributed by atoms with Gasteiger partial charge in [-0.1, -0.05) is 32.0 Å². The Hall–Kier alpha value is -2.18. The van der Waals surface area contributed by atoms with Crippen LogP contribution in [0.15, 0.2) is 30.3 Å². The monoisotopic (exact) mass is 400 g/mol. The predicted molar refractivity (Wildman–Crippen MR) is 114 cm³/mol. The maximum Gasteiger partial charge on any atom is 0.279 e. The van der Waals surface area contributed by atoms with E-state index in [-0.39, 0.29) is 11.8 Å². The summed E-state index contributed by atoms with van der Waals surface area (Å²) >= 11 is 1.62. The summed E-state index contributed by atoms with van der Waals surface area (Å²) in [6, 6.07) is 9.96. The van der Waals surface area contributed by atoms with E-state index in [1.54, 1.807) is 11.3 Å². The lowest BCUT2D eigenvalue weighted by atomic mass is 10.1. The van der Waals surface area contributed by atoms with Crippen LogP contribution in [0, 0.1) is 6.92 Å². The Balaban J connectivity index is 1.51. The molecule has 0 radical (unpaired) electrons. The maximum atomic E-state index is 12.8. The van der Waals surface area contributed by atoms with Crippen LogP contribution in [-0.2, 0) is 17.6 Å². The van der Waals surface area contributed by atoms with Crippen molar-refractivity contribution >= 4 is 28.8 Å². The summed E-state index contributed by atoms with van der Waals surface area (Å²) in [4.78, 5) is 30.5. The average molecular weight is 401 g/mol. The summed E-state index contributed by atoms with van der Waals surface area (Å²) in [6.07, 6.45) is 1.87. The Morgan fingerprint density at radius 1 is 1.14 bits per heavy atom. The highest BCUT2D eigenvalue weighted by atomic mass is 32.1. The average Bonchev–Trinajstić information content (AvgIpc) is 3.09. The molecule has 0 spiro atoms. The number of para-hydroxylation sites is 1. The molecular weight excluding hydrogens is 370 g/mol. The van der Waals surface area contributed by atoms with Crippen LogP contribution < -0.4 is 10.2 Å². The molecule has 2 N–H and O–H groups in total. The van der Waals surface area contributed by atoms with Gasteiger partial charge in [0.25, 0.3) is 11.8 Å². The van der Waals surface area contributed by atoms with Gasteiger partial charge in [-0.25, -0.2) is 0 Å². The van der Waals surface area contributed by atoms with Gasteiger partial charge in [-0.3, -0.25) is 9.59 Å². The third-order valence-corrected chi connectivity index (χ3v) is 6.76. The summed E-state index contributed by atoms with van der Waals surface area (Å²) in [5.74, 6) is 0.172. The number of thiophene rings is 1. The number of anilines is 1. The Bertz CT molecular complexity index is 838. The number of aryl methyl sites for hydroxylation is 3. The molecular formula is C22H30N3O2S+. The number of amides is 2. The second-order valence-corrected chi connectivity index (χ2v) is 8.48. The molecule has 0 saturated carbocycles. The number of carbonyl (C=O) groups is 2. The van der Waals surface area contributed by atoms with Crippen molar-refractivity contribution in [3.05, 3.63) is 51.2 Å². The zero-order valence-electron chi connectivity index (χ0n) is 17.0. The third kappa shape index (κ3) is 4.80. The standard InChI is InChI=1S/C22H29N3O2S/c1-4-17-8-6-7-9-18(17)23-21(26)15-24-10-12-25(13-11-24)22(27)20-14-16(3)19(5-2)28-20/h6-9,14H,4-5,10-13,15H2,1-3H3,(H,23,26)/p+1. The molecule has 2 aromatic rings. The van der Waals surface area contributed by atoms with Crippen LogP contribution in [0.4, 0.5) is 5.69 Å². The zero-order valence-corrected chi connectivity index (χ0v) is 17.8. The number of hydrogen-bond acceptors (Lipinski definition) is 3. The number of carbonyl (C=O) groups excluding carboxylic acids is 2. The first-order valence-corrected chi connectivity index (χ1v) is 10.9. The summed E-state index contributed by atoms with van der Waals surface area (Å²) in [5.41, 5.74) is 3.27. The number of hydrogen-bond donors (Lipinski definition) is 2. The van der Waals surface area contributed by atoms with Crippen LogP contribution in [0.5, 0.6) is 0 Å². The van der Waals surface area contributed by atoms with Crippen LogP contribution >= 0.6 is 11.3 Å². The molecule has 5 nitrogen and oxygen atoms in total. The minimum absolute atomic E-state index is 0.0390. The molecule has 1 saturated heterocycles. The molecule has 1 aromatic heterocycles. The molecule has 0 aliphatic carbocycles. The fourth-order valence-corrected chi connectivity index (χ4v) is 4.79. The van der Waals surface area contributed by atoms with E-state index >= 15 is 0 Å². The van der Waals surface area contributed by atoms with E-state index in [1.807, 2.05) is 35.2 Å². The first kappa shape index (κ1) is 20.6. The number of benzene rings is 1. The fourth-order valence-electron chi connectivity index (χ4n) is 3.71. The Morgan fingerprint density at radius 3 is 2.50 bits per heavy atom. The Labute approximate surface area is 171 Å².